The lowest BCUT2D eigenvalue weighted by atomic mass is 10.0. The molecule has 1 saturated carbocycles. The van der Waals surface area contributed by atoms with Gasteiger partial charge in [-0.05, 0) is 73.2 Å². The number of ether oxygens (including phenoxy) is 1. The molecule has 1 aliphatic heterocycles. The molecule has 0 amide bonds. The van der Waals surface area contributed by atoms with Crippen LogP contribution in [-0.4, -0.2) is 41.5 Å². The van der Waals surface area contributed by atoms with E-state index < -0.39 is 0 Å². The summed E-state index contributed by atoms with van der Waals surface area (Å²) in [5, 5.41) is 9.32. The van der Waals surface area contributed by atoms with Crippen molar-refractivity contribution in [1.29, 1.82) is 0 Å². The first-order valence-electron chi connectivity index (χ1n) is 9.03. The highest BCUT2D eigenvalue weighted by Gasteiger charge is 2.42. The maximum absolute atomic E-state index is 13.0. The molecule has 2 aromatic rings. The van der Waals surface area contributed by atoms with Crippen LogP contribution in [0.4, 0.5) is 4.39 Å². The zero-order chi connectivity index (χ0) is 18.1. The molecule has 26 heavy (non-hydrogen) atoms. The van der Waals surface area contributed by atoms with Gasteiger partial charge in [0.05, 0.1) is 12.6 Å². The molecule has 4 nitrogen and oxygen atoms in total. The molecule has 1 saturated heterocycles. The van der Waals surface area contributed by atoms with E-state index >= 15 is 0 Å². The van der Waals surface area contributed by atoms with Gasteiger partial charge in [-0.2, -0.15) is 0 Å². The van der Waals surface area contributed by atoms with Crippen LogP contribution >= 0.6 is 0 Å². The molecular weight excluding hydrogens is 333 g/mol. The highest BCUT2D eigenvalue weighted by Crippen LogP contribution is 2.39. The number of halogens is 1. The van der Waals surface area contributed by atoms with E-state index in [-0.39, 0.29) is 23.5 Å². The van der Waals surface area contributed by atoms with Gasteiger partial charge in [0.2, 0.25) is 0 Å². The number of phenolic OH excluding ortho intramolecular Hbond substituents is 1. The Hall–Kier alpha value is -2.40. The fourth-order valence-corrected chi connectivity index (χ4v) is 4.21. The largest absolute Gasteiger partial charge is 0.508 e. The van der Waals surface area contributed by atoms with E-state index in [0.29, 0.717) is 23.9 Å². The van der Waals surface area contributed by atoms with E-state index in [9.17, 15) is 14.3 Å². The van der Waals surface area contributed by atoms with Crippen molar-refractivity contribution in [3.05, 3.63) is 59.9 Å². The minimum atomic E-state index is -0.255. The van der Waals surface area contributed by atoms with Crippen LogP contribution in [0.5, 0.6) is 11.5 Å². The Morgan fingerprint density at radius 3 is 2.27 bits per heavy atom. The van der Waals surface area contributed by atoms with E-state index in [1.807, 2.05) is 0 Å². The van der Waals surface area contributed by atoms with Gasteiger partial charge in [-0.15, -0.1) is 0 Å². The topological polar surface area (TPSA) is 49.8 Å². The fourth-order valence-electron chi connectivity index (χ4n) is 4.21. The number of rotatable bonds is 5. The molecule has 1 unspecified atom stereocenters. The number of hydrogen-bond donors (Lipinski definition) is 1. The Kier molecular flexibility index (Phi) is 4.64. The predicted octanol–water partition coefficient (Wildman–Crippen LogP) is 3.50. The minimum Gasteiger partial charge on any atom is -0.508 e. The summed E-state index contributed by atoms with van der Waals surface area (Å²) < 4.78 is 19.0. The van der Waals surface area contributed by atoms with Gasteiger partial charge in [-0.25, -0.2) is 4.39 Å². The van der Waals surface area contributed by atoms with Crippen molar-refractivity contribution in [3.63, 3.8) is 0 Å². The molecule has 4 rings (SSSR count). The van der Waals surface area contributed by atoms with Gasteiger partial charge in [-0.3, -0.25) is 9.69 Å². The summed E-state index contributed by atoms with van der Waals surface area (Å²) in [5.41, 5.74) is 0.636. The van der Waals surface area contributed by atoms with Gasteiger partial charge >= 0.3 is 0 Å². The first-order chi connectivity index (χ1) is 12.6. The third-order valence-corrected chi connectivity index (χ3v) is 5.46. The van der Waals surface area contributed by atoms with Gasteiger partial charge in [0.1, 0.15) is 17.3 Å². The van der Waals surface area contributed by atoms with Gasteiger partial charge in [0.25, 0.3) is 0 Å². The molecule has 1 aliphatic carbocycles. The minimum absolute atomic E-state index is 0.0871. The number of phenols is 1. The average molecular weight is 355 g/mol. The summed E-state index contributed by atoms with van der Waals surface area (Å²) in [6.45, 7) is 2.25. The van der Waals surface area contributed by atoms with E-state index in [0.717, 1.165) is 31.7 Å². The normalized spacial score (nSPS) is 25.2. The van der Waals surface area contributed by atoms with Crippen LogP contribution in [0.1, 0.15) is 23.2 Å². The maximum atomic E-state index is 13.0. The first-order valence-corrected chi connectivity index (χ1v) is 9.03. The smallest absolute Gasteiger partial charge is 0.176 e. The second-order valence-corrected chi connectivity index (χ2v) is 7.35. The molecule has 1 heterocycles. The summed E-state index contributed by atoms with van der Waals surface area (Å²) in [5.74, 6) is 1.82. The van der Waals surface area contributed by atoms with Crippen molar-refractivity contribution >= 4 is 5.78 Å². The highest BCUT2D eigenvalue weighted by atomic mass is 19.1. The number of benzene rings is 2. The van der Waals surface area contributed by atoms with Crippen molar-refractivity contribution in [1.82, 2.24) is 4.90 Å². The lowest BCUT2D eigenvalue weighted by molar-refractivity contribution is 0.0936. The quantitative estimate of drug-likeness (QED) is 0.834. The number of aromatic hydroxyl groups is 1. The molecule has 2 fully saturated rings. The molecule has 1 N–H and O–H groups in total. The molecular formula is C21H22FNO3. The lowest BCUT2D eigenvalue weighted by Crippen LogP contribution is -2.30. The van der Waals surface area contributed by atoms with Crippen LogP contribution in [0.25, 0.3) is 0 Å². The summed E-state index contributed by atoms with van der Waals surface area (Å²) in [6.07, 6.45) is 2.13. The van der Waals surface area contributed by atoms with Crippen LogP contribution in [0.15, 0.2) is 48.5 Å². The number of carbonyl (C=O) groups is 1. The molecule has 5 heteroatoms. The van der Waals surface area contributed by atoms with Crippen LogP contribution < -0.4 is 4.74 Å². The number of hydrogen-bond acceptors (Lipinski definition) is 4. The van der Waals surface area contributed by atoms with Crippen molar-refractivity contribution in [2.45, 2.75) is 18.9 Å². The van der Waals surface area contributed by atoms with Crippen molar-refractivity contribution < 1.29 is 19.0 Å². The van der Waals surface area contributed by atoms with Crippen LogP contribution in [-0.2, 0) is 0 Å². The number of ketones is 1. The first kappa shape index (κ1) is 17.0. The number of nitrogens with zero attached hydrogens (tertiary/aromatic N) is 1. The summed E-state index contributed by atoms with van der Waals surface area (Å²) in [7, 11) is 0. The fraction of sp³-hybridized carbons (Fsp3) is 0.381. The van der Waals surface area contributed by atoms with Gasteiger partial charge in [-0.1, -0.05) is 0 Å². The molecule has 0 spiro atoms. The molecule has 2 aliphatic rings. The van der Waals surface area contributed by atoms with E-state index in [1.165, 1.54) is 12.1 Å². The number of carbonyl (C=O) groups excluding carboxylic acids is 1. The predicted molar refractivity (Wildman–Crippen MR) is 95.9 cm³/mol. The van der Waals surface area contributed by atoms with Crippen molar-refractivity contribution in [2.24, 2.45) is 11.8 Å². The van der Waals surface area contributed by atoms with Crippen molar-refractivity contribution in [3.8, 4) is 11.5 Å². The summed E-state index contributed by atoms with van der Waals surface area (Å²) >= 11 is 0. The Morgan fingerprint density at radius 1 is 1.04 bits per heavy atom. The zero-order valence-corrected chi connectivity index (χ0v) is 14.5. The number of fused-ring (bicyclic) bond motifs is 1. The second kappa shape index (κ2) is 7.08. The Labute approximate surface area is 152 Å². The van der Waals surface area contributed by atoms with Gasteiger partial charge in [0.15, 0.2) is 5.78 Å². The van der Waals surface area contributed by atoms with Crippen LogP contribution in [0.3, 0.4) is 0 Å². The monoisotopic (exact) mass is 355 g/mol. The number of likely N-dealkylation sites (tertiary alicyclic amines) is 1. The Balaban J connectivity index is 1.28. The third-order valence-electron chi connectivity index (χ3n) is 5.46. The highest BCUT2D eigenvalue weighted by molar-refractivity contribution is 5.97. The maximum Gasteiger partial charge on any atom is 0.176 e. The molecule has 2 aromatic carbocycles. The molecule has 0 bridgehead atoms. The second-order valence-electron chi connectivity index (χ2n) is 7.35. The van der Waals surface area contributed by atoms with Crippen LogP contribution in [0, 0.1) is 17.7 Å². The van der Waals surface area contributed by atoms with Crippen LogP contribution in [0.2, 0.25) is 0 Å². The molecule has 3 atom stereocenters. The Morgan fingerprint density at radius 2 is 1.65 bits per heavy atom. The van der Waals surface area contributed by atoms with Gasteiger partial charge in [0, 0.05) is 18.7 Å². The zero-order valence-electron chi connectivity index (χ0n) is 14.5. The van der Waals surface area contributed by atoms with Crippen molar-refractivity contribution in [2.75, 3.05) is 19.6 Å². The molecule has 0 radical (unpaired) electrons. The van der Waals surface area contributed by atoms with E-state index in [4.69, 9.17) is 4.74 Å². The third kappa shape index (κ3) is 3.73. The summed E-state index contributed by atoms with van der Waals surface area (Å²) in [4.78, 5) is 14.6. The molecule has 0 aromatic heterocycles. The molecule has 136 valence electrons. The summed E-state index contributed by atoms with van der Waals surface area (Å²) in [6, 6.07) is 12.6. The SMILES string of the molecule is O=C(CN1C[C@H]2CC(Oc3ccc(F)cc3)C[C@H]2C1)c1ccc(O)cc1. The lowest BCUT2D eigenvalue weighted by Gasteiger charge is -2.19. The average Bonchev–Trinajstić information content (AvgIpc) is 3.15. The number of Topliss-reactive ketones (excluding diaryl/α,β-unsaturated/α-hetero) is 1. The standard InChI is InChI=1S/C21H22FNO3/c22-17-3-7-19(8-4-17)26-20-9-15-11-23(12-16(15)10-20)13-21(25)14-1-5-18(24)6-2-14/h1-8,15-16,20,24H,9-13H2/t15-,16+,20?. The Bertz CT molecular complexity index is 761. The van der Waals surface area contributed by atoms with E-state index in [1.54, 1.807) is 36.4 Å². The van der Waals surface area contributed by atoms with E-state index in [2.05, 4.69) is 4.90 Å². The van der Waals surface area contributed by atoms with Gasteiger partial charge < -0.3 is 9.84 Å².